The van der Waals surface area contributed by atoms with E-state index in [4.69, 9.17) is 4.42 Å². The van der Waals surface area contributed by atoms with E-state index in [0.717, 1.165) is 21.6 Å². The van der Waals surface area contributed by atoms with Gasteiger partial charge in [0, 0.05) is 0 Å². The van der Waals surface area contributed by atoms with Crippen LogP contribution in [0.2, 0.25) is 0 Å². The first kappa shape index (κ1) is 13.2. The van der Waals surface area contributed by atoms with Crippen molar-refractivity contribution in [2.75, 3.05) is 0 Å². The van der Waals surface area contributed by atoms with Crippen LogP contribution in [0.15, 0.2) is 33.8 Å². The SMILES string of the molecule is O=C1[C@H]2[C@H](C(=O)N1/N=C\c1ccc(I)o1)[C@@H]1C=C[C@@H]2CC1. The summed E-state index contributed by atoms with van der Waals surface area (Å²) in [6, 6.07) is 3.56. The summed E-state index contributed by atoms with van der Waals surface area (Å²) in [7, 11) is 0. The van der Waals surface area contributed by atoms with Crippen LogP contribution in [0.25, 0.3) is 0 Å². The molecule has 0 N–H and O–H groups in total. The largest absolute Gasteiger partial charge is 0.449 e. The maximum atomic E-state index is 12.5. The summed E-state index contributed by atoms with van der Waals surface area (Å²) in [5, 5.41) is 5.12. The highest BCUT2D eigenvalue weighted by molar-refractivity contribution is 14.1. The number of hydrogen-bond donors (Lipinski definition) is 0. The summed E-state index contributed by atoms with van der Waals surface area (Å²) in [6.45, 7) is 0. The van der Waals surface area contributed by atoms with Gasteiger partial charge in [-0.15, -0.1) is 0 Å². The van der Waals surface area contributed by atoms with Gasteiger partial charge in [-0.3, -0.25) is 9.59 Å². The average molecular weight is 396 g/mol. The molecule has 3 aliphatic carbocycles. The first-order chi connectivity index (χ1) is 10.1. The van der Waals surface area contributed by atoms with Crippen molar-refractivity contribution in [2.24, 2.45) is 28.8 Å². The van der Waals surface area contributed by atoms with Gasteiger partial charge in [0.05, 0.1) is 18.1 Å². The van der Waals surface area contributed by atoms with Crippen molar-refractivity contribution in [3.05, 3.63) is 33.8 Å². The van der Waals surface area contributed by atoms with Crippen molar-refractivity contribution in [1.29, 1.82) is 0 Å². The molecule has 2 bridgehead atoms. The minimum atomic E-state index is -0.213. The molecular formula is C15H13IN2O3. The Morgan fingerprint density at radius 3 is 2.24 bits per heavy atom. The number of allylic oxidation sites excluding steroid dienone is 2. The fourth-order valence-corrected chi connectivity index (χ4v) is 4.12. The van der Waals surface area contributed by atoms with Crippen molar-refractivity contribution >= 4 is 40.6 Å². The van der Waals surface area contributed by atoms with Crippen molar-refractivity contribution < 1.29 is 14.0 Å². The standard InChI is InChI=1S/C15H13IN2O3/c16-11-6-5-10(21-11)7-17-18-14(19)12-8-1-2-9(4-3-8)13(12)15(18)20/h1-2,5-9,12-13H,3-4H2/b17-7-/t8-,9-,12-,13-/m1/s1. The Hall–Kier alpha value is -1.44. The maximum absolute atomic E-state index is 12.5. The van der Waals surface area contributed by atoms with Gasteiger partial charge in [0.1, 0.15) is 5.76 Å². The topological polar surface area (TPSA) is 62.9 Å². The monoisotopic (exact) mass is 396 g/mol. The third kappa shape index (κ3) is 1.99. The first-order valence-electron chi connectivity index (χ1n) is 7.00. The number of nitrogens with zero attached hydrogens (tertiary/aromatic N) is 2. The second-order valence-corrected chi connectivity index (χ2v) is 6.78. The van der Waals surface area contributed by atoms with Gasteiger partial charge < -0.3 is 4.42 Å². The Balaban J connectivity index is 1.62. The summed E-state index contributed by atoms with van der Waals surface area (Å²) >= 11 is 2.05. The van der Waals surface area contributed by atoms with Gasteiger partial charge in [-0.05, 0) is 59.4 Å². The molecule has 5 nitrogen and oxygen atoms in total. The lowest BCUT2D eigenvalue weighted by molar-refractivity contribution is -0.140. The lowest BCUT2D eigenvalue weighted by atomic mass is 9.63. The van der Waals surface area contributed by atoms with Gasteiger partial charge in [-0.25, -0.2) is 0 Å². The molecule has 2 amide bonds. The van der Waals surface area contributed by atoms with Crippen LogP contribution in [0.3, 0.4) is 0 Å². The number of amides is 2. The van der Waals surface area contributed by atoms with E-state index in [1.165, 1.54) is 6.21 Å². The molecule has 0 spiro atoms. The fourth-order valence-electron chi connectivity index (χ4n) is 3.68. The summed E-state index contributed by atoms with van der Waals surface area (Å²) in [5.41, 5.74) is 0. The molecule has 1 aliphatic heterocycles. The van der Waals surface area contributed by atoms with Crippen LogP contribution in [-0.4, -0.2) is 23.0 Å². The van der Waals surface area contributed by atoms with Crippen LogP contribution in [0.1, 0.15) is 18.6 Å². The number of halogens is 1. The number of carbonyl (C=O) groups excluding carboxylic acids is 2. The second-order valence-electron chi connectivity index (χ2n) is 5.72. The summed E-state index contributed by atoms with van der Waals surface area (Å²) in [6.07, 6.45) is 7.63. The number of imide groups is 1. The lowest BCUT2D eigenvalue weighted by Crippen LogP contribution is -2.38. The van der Waals surface area contributed by atoms with Gasteiger partial charge in [0.25, 0.3) is 11.8 Å². The number of hydrogen-bond acceptors (Lipinski definition) is 4. The van der Waals surface area contributed by atoms with Gasteiger partial charge in [-0.1, -0.05) is 12.2 Å². The van der Waals surface area contributed by atoms with E-state index >= 15 is 0 Å². The number of fused-ring (bicyclic) bond motifs is 1. The average Bonchev–Trinajstić information content (AvgIpc) is 3.03. The molecule has 1 saturated heterocycles. The minimum Gasteiger partial charge on any atom is -0.449 e. The van der Waals surface area contributed by atoms with Crippen LogP contribution < -0.4 is 0 Å². The zero-order valence-electron chi connectivity index (χ0n) is 11.1. The van der Waals surface area contributed by atoms with Crippen molar-refractivity contribution in [3.8, 4) is 0 Å². The minimum absolute atomic E-state index is 0.165. The number of rotatable bonds is 2. The molecule has 6 heteroatoms. The molecule has 21 heavy (non-hydrogen) atoms. The quantitative estimate of drug-likeness (QED) is 0.334. The molecular weight excluding hydrogens is 383 g/mol. The summed E-state index contributed by atoms with van der Waals surface area (Å²) in [5.74, 6) is 0.173. The highest BCUT2D eigenvalue weighted by Crippen LogP contribution is 2.49. The lowest BCUT2D eigenvalue weighted by Gasteiger charge is -2.37. The zero-order valence-corrected chi connectivity index (χ0v) is 13.3. The molecule has 4 atom stereocenters. The predicted octanol–water partition coefficient (Wildman–Crippen LogP) is 2.42. The van der Waals surface area contributed by atoms with Crippen LogP contribution in [0.4, 0.5) is 0 Å². The molecule has 0 radical (unpaired) electrons. The van der Waals surface area contributed by atoms with Gasteiger partial charge in [-0.2, -0.15) is 10.1 Å². The molecule has 1 saturated carbocycles. The molecule has 0 unspecified atom stereocenters. The van der Waals surface area contributed by atoms with Crippen LogP contribution in [0.5, 0.6) is 0 Å². The molecule has 2 fully saturated rings. The zero-order chi connectivity index (χ0) is 14.6. The molecule has 2 heterocycles. The van der Waals surface area contributed by atoms with Crippen LogP contribution >= 0.6 is 22.6 Å². The van der Waals surface area contributed by atoms with E-state index in [9.17, 15) is 9.59 Å². The maximum Gasteiger partial charge on any atom is 0.254 e. The highest BCUT2D eigenvalue weighted by atomic mass is 127. The Bertz CT molecular complexity index is 646. The van der Waals surface area contributed by atoms with Crippen LogP contribution in [-0.2, 0) is 9.59 Å². The van der Waals surface area contributed by atoms with Crippen LogP contribution in [0, 0.1) is 27.4 Å². The summed E-state index contributed by atoms with van der Waals surface area (Å²) < 4.78 is 6.10. The Morgan fingerprint density at radius 2 is 1.76 bits per heavy atom. The molecule has 1 aromatic heterocycles. The second kappa shape index (κ2) is 4.79. The third-order valence-corrected chi connectivity index (χ3v) is 5.21. The normalized spacial score (nSPS) is 34.2. The van der Waals surface area contributed by atoms with E-state index in [1.807, 2.05) is 0 Å². The summed E-state index contributed by atoms with van der Waals surface area (Å²) in [4.78, 5) is 25.0. The molecule has 108 valence electrons. The van der Waals surface area contributed by atoms with E-state index < -0.39 is 0 Å². The van der Waals surface area contributed by atoms with E-state index in [-0.39, 0.29) is 35.5 Å². The molecule has 4 aliphatic rings. The van der Waals surface area contributed by atoms with Gasteiger partial charge in [0.15, 0.2) is 3.77 Å². The molecule has 1 aromatic rings. The Labute approximate surface area is 135 Å². The molecule has 5 rings (SSSR count). The number of furan rings is 1. The Morgan fingerprint density at radius 1 is 1.14 bits per heavy atom. The fraction of sp³-hybridized carbons (Fsp3) is 0.400. The van der Waals surface area contributed by atoms with E-state index in [2.05, 4.69) is 39.8 Å². The van der Waals surface area contributed by atoms with Gasteiger partial charge >= 0.3 is 0 Å². The number of carbonyl (C=O) groups is 2. The van der Waals surface area contributed by atoms with E-state index in [0.29, 0.717) is 5.76 Å². The smallest absolute Gasteiger partial charge is 0.254 e. The van der Waals surface area contributed by atoms with Crippen molar-refractivity contribution in [1.82, 2.24) is 5.01 Å². The number of hydrazone groups is 1. The van der Waals surface area contributed by atoms with Crippen molar-refractivity contribution in [3.63, 3.8) is 0 Å². The van der Waals surface area contributed by atoms with Crippen molar-refractivity contribution in [2.45, 2.75) is 12.8 Å². The molecule has 0 aromatic carbocycles. The van der Waals surface area contributed by atoms with E-state index in [1.54, 1.807) is 12.1 Å². The highest BCUT2D eigenvalue weighted by Gasteiger charge is 2.56. The Kier molecular flexibility index (Phi) is 3.02. The predicted molar refractivity (Wildman–Crippen MR) is 83.2 cm³/mol. The van der Waals surface area contributed by atoms with Gasteiger partial charge in [0.2, 0.25) is 0 Å². The first-order valence-corrected chi connectivity index (χ1v) is 8.08. The third-order valence-electron chi connectivity index (χ3n) is 4.63.